The van der Waals surface area contributed by atoms with Crippen molar-refractivity contribution in [2.75, 3.05) is 0 Å². The van der Waals surface area contributed by atoms with Gasteiger partial charge in [0.2, 0.25) is 0 Å². The molecule has 0 amide bonds. The minimum atomic E-state index is -0.278. The molecule has 0 aliphatic heterocycles. The molecule has 0 N–H and O–H groups in total. The summed E-state index contributed by atoms with van der Waals surface area (Å²) in [7, 11) is 0. The van der Waals surface area contributed by atoms with E-state index in [1.165, 1.54) is 0 Å². The van der Waals surface area contributed by atoms with Crippen molar-refractivity contribution >= 4 is 23.2 Å². The Morgan fingerprint density at radius 2 is 1.65 bits per heavy atom. The first-order chi connectivity index (χ1) is 9.63. The number of nitrogens with zero attached hydrogens (tertiary/aromatic N) is 2. The second-order valence-electron chi connectivity index (χ2n) is 4.37. The maximum atomic E-state index is 9.32. The number of rotatable bonds is 3. The van der Waals surface area contributed by atoms with E-state index in [4.69, 9.17) is 28.5 Å². The monoisotopic (exact) mass is 300 g/mol. The Balaban J connectivity index is 2.22. The van der Waals surface area contributed by atoms with Crippen molar-refractivity contribution in [3.05, 3.63) is 69.2 Å². The normalized spacial score (nSPS) is 11.4. The summed E-state index contributed by atoms with van der Waals surface area (Å²) in [6.07, 6.45) is 0.555. The fourth-order valence-electron chi connectivity index (χ4n) is 1.93. The Morgan fingerprint density at radius 3 is 2.20 bits per heavy atom. The molecule has 20 heavy (non-hydrogen) atoms. The third-order valence-electron chi connectivity index (χ3n) is 3.02. The van der Waals surface area contributed by atoms with Crippen LogP contribution in [0.3, 0.4) is 0 Å². The molecule has 98 valence electrons. The predicted octanol–water partition coefficient (Wildman–Crippen LogP) is 4.71. The molecule has 0 heterocycles. The molecule has 2 nitrogen and oxygen atoms in total. The largest absolute Gasteiger partial charge is 0.198 e. The van der Waals surface area contributed by atoms with Gasteiger partial charge in [-0.3, -0.25) is 0 Å². The Hall–Kier alpha value is -2.00. The molecule has 0 saturated heterocycles. The lowest BCUT2D eigenvalue weighted by Crippen LogP contribution is -2.00. The Kier molecular flexibility index (Phi) is 4.64. The van der Waals surface area contributed by atoms with Crippen LogP contribution in [0.5, 0.6) is 0 Å². The SMILES string of the molecule is N#Cc1ccc(C(C#N)Cc2ccc(Cl)c(Cl)c2)cc1. The topological polar surface area (TPSA) is 47.6 Å². The minimum Gasteiger partial charge on any atom is -0.198 e. The van der Waals surface area contributed by atoms with Gasteiger partial charge in [-0.1, -0.05) is 41.4 Å². The van der Waals surface area contributed by atoms with Crippen molar-refractivity contribution in [3.63, 3.8) is 0 Å². The number of benzene rings is 2. The summed E-state index contributed by atoms with van der Waals surface area (Å²) in [4.78, 5) is 0. The van der Waals surface area contributed by atoms with Gasteiger partial charge in [0, 0.05) is 0 Å². The van der Waals surface area contributed by atoms with Gasteiger partial charge in [-0.25, -0.2) is 0 Å². The van der Waals surface area contributed by atoms with Crippen LogP contribution in [0.2, 0.25) is 10.0 Å². The quantitative estimate of drug-likeness (QED) is 0.824. The van der Waals surface area contributed by atoms with Gasteiger partial charge in [0.1, 0.15) is 0 Å². The van der Waals surface area contributed by atoms with E-state index in [0.717, 1.165) is 11.1 Å². The van der Waals surface area contributed by atoms with E-state index in [-0.39, 0.29) is 5.92 Å². The molecule has 0 bridgehead atoms. The molecule has 0 aromatic heterocycles. The second-order valence-corrected chi connectivity index (χ2v) is 5.18. The van der Waals surface area contributed by atoms with Crippen LogP contribution >= 0.6 is 23.2 Å². The fraction of sp³-hybridized carbons (Fsp3) is 0.125. The third-order valence-corrected chi connectivity index (χ3v) is 3.76. The van der Waals surface area contributed by atoms with Crippen molar-refractivity contribution in [2.24, 2.45) is 0 Å². The third kappa shape index (κ3) is 3.31. The van der Waals surface area contributed by atoms with E-state index >= 15 is 0 Å². The highest BCUT2D eigenvalue weighted by Gasteiger charge is 2.12. The van der Waals surface area contributed by atoms with Crippen LogP contribution in [-0.2, 0) is 6.42 Å². The van der Waals surface area contributed by atoms with Crippen molar-refractivity contribution in [1.82, 2.24) is 0 Å². The standard InChI is InChI=1S/C16H10Cl2N2/c17-15-6-3-12(8-16(15)18)7-14(10-20)13-4-1-11(9-19)2-5-13/h1-6,8,14H,7H2. The summed E-state index contributed by atoms with van der Waals surface area (Å²) in [5, 5.41) is 19.1. The van der Waals surface area contributed by atoms with Crippen molar-refractivity contribution < 1.29 is 0 Å². The first kappa shape index (κ1) is 14.4. The highest BCUT2D eigenvalue weighted by Crippen LogP contribution is 2.26. The zero-order valence-corrected chi connectivity index (χ0v) is 12.0. The molecule has 0 aliphatic rings. The molecule has 0 radical (unpaired) electrons. The summed E-state index contributed by atoms with van der Waals surface area (Å²) in [6.45, 7) is 0. The number of hydrogen-bond donors (Lipinski definition) is 0. The minimum absolute atomic E-state index is 0.278. The smallest absolute Gasteiger partial charge is 0.0991 e. The van der Waals surface area contributed by atoms with E-state index < -0.39 is 0 Å². The van der Waals surface area contributed by atoms with Gasteiger partial charge in [0.25, 0.3) is 0 Å². The van der Waals surface area contributed by atoms with Crippen LogP contribution in [0.1, 0.15) is 22.6 Å². The predicted molar refractivity (Wildman–Crippen MR) is 79.7 cm³/mol. The maximum absolute atomic E-state index is 9.32. The molecule has 0 spiro atoms. The van der Waals surface area contributed by atoms with Crippen molar-refractivity contribution in [3.8, 4) is 12.1 Å². The van der Waals surface area contributed by atoms with E-state index in [0.29, 0.717) is 22.0 Å². The van der Waals surface area contributed by atoms with Gasteiger partial charge in [-0.2, -0.15) is 10.5 Å². The Bertz CT molecular complexity index is 694. The van der Waals surface area contributed by atoms with Crippen LogP contribution in [0.15, 0.2) is 42.5 Å². The van der Waals surface area contributed by atoms with E-state index in [2.05, 4.69) is 12.1 Å². The zero-order chi connectivity index (χ0) is 14.5. The maximum Gasteiger partial charge on any atom is 0.0991 e. The van der Waals surface area contributed by atoms with Gasteiger partial charge in [-0.05, 0) is 41.8 Å². The molecule has 0 saturated carbocycles. The summed E-state index contributed by atoms with van der Waals surface area (Å²) in [5.74, 6) is -0.278. The lowest BCUT2D eigenvalue weighted by molar-refractivity contribution is 0.849. The molecule has 0 fully saturated rings. The lowest BCUT2D eigenvalue weighted by Gasteiger charge is -2.10. The van der Waals surface area contributed by atoms with Crippen molar-refractivity contribution in [2.45, 2.75) is 12.3 Å². The van der Waals surface area contributed by atoms with Crippen LogP contribution in [0.25, 0.3) is 0 Å². The molecule has 2 aromatic carbocycles. The van der Waals surface area contributed by atoms with E-state index in [1.54, 1.807) is 24.3 Å². The zero-order valence-electron chi connectivity index (χ0n) is 10.5. The molecule has 4 heteroatoms. The molecule has 2 aromatic rings. The van der Waals surface area contributed by atoms with Crippen LogP contribution in [0, 0.1) is 22.7 Å². The molecule has 0 aliphatic carbocycles. The summed E-state index contributed by atoms with van der Waals surface area (Å²) in [5.41, 5.74) is 2.42. The summed E-state index contributed by atoms with van der Waals surface area (Å²) in [6, 6.07) is 16.8. The van der Waals surface area contributed by atoms with Crippen LogP contribution < -0.4 is 0 Å². The average Bonchev–Trinajstić information content (AvgIpc) is 2.48. The van der Waals surface area contributed by atoms with Gasteiger partial charge in [0.05, 0.1) is 33.7 Å². The molecule has 2 rings (SSSR count). The average molecular weight is 301 g/mol. The van der Waals surface area contributed by atoms with E-state index in [1.807, 2.05) is 18.2 Å². The van der Waals surface area contributed by atoms with Crippen LogP contribution in [0.4, 0.5) is 0 Å². The first-order valence-corrected chi connectivity index (χ1v) is 6.73. The van der Waals surface area contributed by atoms with Crippen molar-refractivity contribution in [1.29, 1.82) is 10.5 Å². The molecule has 1 unspecified atom stereocenters. The summed E-state index contributed by atoms with van der Waals surface area (Å²) < 4.78 is 0. The molecule has 1 atom stereocenters. The highest BCUT2D eigenvalue weighted by atomic mass is 35.5. The second kappa shape index (κ2) is 6.44. The lowest BCUT2D eigenvalue weighted by atomic mass is 9.93. The number of nitriles is 2. The molecular weight excluding hydrogens is 291 g/mol. The first-order valence-electron chi connectivity index (χ1n) is 5.97. The van der Waals surface area contributed by atoms with Gasteiger partial charge < -0.3 is 0 Å². The Morgan fingerprint density at radius 1 is 0.950 bits per heavy atom. The highest BCUT2D eigenvalue weighted by molar-refractivity contribution is 6.42. The Labute approximate surface area is 127 Å². The van der Waals surface area contributed by atoms with Crippen LogP contribution in [-0.4, -0.2) is 0 Å². The van der Waals surface area contributed by atoms with Gasteiger partial charge in [0.15, 0.2) is 0 Å². The van der Waals surface area contributed by atoms with E-state index in [9.17, 15) is 5.26 Å². The van der Waals surface area contributed by atoms with Gasteiger partial charge in [-0.15, -0.1) is 0 Å². The summed E-state index contributed by atoms with van der Waals surface area (Å²) >= 11 is 11.8. The molecular formula is C16H10Cl2N2. The van der Waals surface area contributed by atoms with Gasteiger partial charge >= 0.3 is 0 Å². The number of halogens is 2. The fourth-order valence-corrected chi connectivity index (χ4v) is 2.25. The number of hydrogen-bond acceptors (Lipinski definition) is 2.